The molecule has 2 amide bonds. The summed E-state index contributed by atoms with van der Waals surface area (Å²) in [5, 5.41) is 4.13. The van der Waals surface area contributed by atoms with Crippen molar-refractivity contribution in [2.45, 2.75) is 18.1 Å². The molecule has 2 fully saturated rings. The van der Waals surface area contributed by atoms with Crippen LogP contribution >= 0.6 is 0 Å². The number of aromatic nitrogens is 1. The van der Waals surface area contributed by atoms with Gasteiger partial charge in [-0.1, -0.05) is 30.4 Å². The van der Waals surface area contributed by atoms with Crippen molar-refractivity contribution in [2.24, 2.45) is 11.8 Å². The van der Waals surface area contributed by atoms with Crippen LogP contribution in [-0.2, 0) is 20.7 Å². The van der Waals surface area contributed by atoms with Gasteiger partial charge in [0.05, 0.1) is 31.6 Å². The van der Waals surface area contributed by atoms with Crippen molar-refractivity contribution < 1.29 is 19.1 Å². The van der Waals surface area contributed by atoms with E-state index < -0.39 is 17.4 Å². The van der Waals surface area contributed by atoms with E-state index in [1.165, 1.54) is 10.9 Å². The zero-order valence-corrected chi connectivity index (χ0v) is 18.3. The first kappa shape index (κ1) is 20.1. The number of hydrogen-bond donors (Lipinski definition) is 2. The van der Waals surface area contributed by atoms with E-state index in [0.717, 1.165) is 17.7 Å². The number of ether oxygens (including phenoxy) is 2. The molecule has 1 aromatic heterocycles. The van der Waals surface area contributed by atoms with Gasteiger partial charge in [-0.2, -0.15) is 0 Å². The van der Waals surface area contributed by atoms with Gasteiger partial charge in [0.1, 0.15) is 11.4 Å². The van der Waals surface area contributed by atoms with Crippen molar-refractivity contribution in [3.05, 3.63) is 72.4 Å². The Labute approximate surface area is 191 Å². The molecule has 0 unspecified atom stereocenters. The topological polar surface area (TPSA) is 83.7 Å². The number of amides is 2. The van der Waals surface area contributed by atoms with Crippen LogP contribution in [0.5, 0.6) is 5.75 Å². The number of nitrogens with one attached hydrogen (secondary N) is 2. The van der Waals surface area contributed by atoms with E-state index in [1.807, 2.05) is 41.4 Å². The lowest BCUT2D eigenvalue weighted by Crippen LogP contribution is -2.41. The molecule has 3 aliphatic rings. The van der Waals surface area contributed by atoms with Crippen LogP contribution < -0.4 is 10.1 Å². The molecule has 0 aliphatic carbocycles. The summed E-state index contributed by atoms with van der Waals surface area (Å²) in [4.78, 5) is 31.8. The highest BCUT2D eigenvalue weighted by Gasteiger charge is 2.66. The number of nitrogens with zero attached hydrogens (tertiary/aromatic N) is 1. The van der Waals surface area contributed by atoms with E-state index in [-0.39, 0.29) is 17.9 Å². The number of aromatic amines is 1. The second-order valence-electron chi connectivity index (χ2n) is 8.99. The zero-order chi connectivity index (χ0) is 22.6. The number of carbonyl (C=O) groups excluding carboxylic acids is 2. The third-order valence-corrected chi connectivity index (χ3v) is 7.17. The fraction of sp³-hybridized carbons (Fsp3) is 0.308. The van der Waals surface area contributed by atoms with Crippen LogP contribution in [0.25, 0.3) is 10.9 Å². The van der Waals surface area contributed by atoms with Crippen LogP contribution in [0.4, 0.5) is 5.69 Å². The quantitative estimate of drug-likeness (QED) is 0.574. The molecular weight excluding hydrogens is 418 g/mol. The van der Waals surface area contributed by atoms with Gasteiger partial charge in [0.2, 0.25) is 11.8 Å². The van der Waals surface area contributed by atoms with Gasteiger partial charge < -0.3 is 24.7 Å². The minimum Gasteiger partial charge on any atom is -0.497 e. The Morgan fingerprint density at radius 2 is 2.06 bits per heavy atom. The van der Waals surface area contributed by atoms with Gasteiger partial charge in [-0.25, -0.2) is 0 Å². The molecule has 2 aromatic carbocycles. The normalized spacial score (nSPS) is 27.4. The molecule has 7 heteroatoms. The van der Waals surface area contributed by atoms with Gasteiger partial charge in [-0.15, -0.1) is 0 Å². The number of H-pyrrole nitrogens is 1. The van der Waals surface area contributed by atoms with Crippen molar-refractivity contribution >= 4 is 28.4 Å². The van der Waals surface area contributed by atoms with Gasteiger partial charge in [0, 0.05) is 29.3 Å². The second-order valence-corrected chi connectivity index (χ2v) is 8.99. The molecular formula is C26H25N3O4. The minimum absolute atomic E-state index is 0.00317. The maximum Gasteiger partial charge on any atom is 0.231 e. The fourth-order valence-corrected chi connectivity index (χ4v) is 5.56. The first-order valence-electron chi connectivity index (χ1n) is 11.2. The van der Waals surface area contributed by atoms with E-state index in [4.69, 9.17) is 9.47 Å². The number of hydrogen-bond acceptors (Lipinski definition) is 4. The lowest BCUT2D eigenvalue weighted by Gasteiger charge is -2.23. The number of fused-ring (bicyclic) bond motifs is 2. The summed E-state index contributed by atoms with van der Waals surface area (Å²) in [6.07, 6.45) is 6.31. The highest BCUT2D eigenvalue weighted by atomic mass is 16.5. The molecule has 2 bridgehead atoms. The minimum atomic E-state index is -0.704. The second kappa shape index (κ2) is 7.49. The molecule has 6 rings (SSSR count). The summed E-state index contributed by atoms with van der Waals surface area (Å²) in [5.41, 5.74) is 2.24. The molecule has 168 valence electrons. The van der Waals surface area contributed by atoms with Crippen molar-refractivity contribution in [3.8, 4) is 5.75 Å². The van der Waals surface area contributed by atoms with Crippen LogP contribution in [0, 0.1) is 11.8 Å². The van der Waals surface area contributed by atoms with Gasteiger partial charge >= 0.3 is 0 Å². The molecule has 0 radical (unpaired) electrons. The molecule has 4 atom stereocenters. The smallest absolute Gasteiger partial charge is 0.231 e. The maximum atomic E-state index is 13.5. The average molecular weight is 444 g/mol. The predicted molar refractivity (Wildman–Crippen MR) is 124 cm³/mol. The molecule has 2 N–H and O–H groups in total. The van der Waals surface area contributed by atoms with E-state index in [2.05, 4.69) is 16.4 Å². The van der Waals surface area contributed by atoms with E-state index >= 15 is 0 Å². The molecule has 4 heterocycles. The average Bonchev–Trinajstić information content (AvgIpc) is 3.58. The van der Waals surface area contributed by atoms with E-state index in [1.54, 1.807) is 31.4 Å². The zero-order valence-electron chi connectivity index (χ0n) is 18.3. The Morgan fingerprint density at radius 3 is 2.88 bits per heavy atom. The molecule has 3 aromatic rings. The first-order chi connectivity index (χ1) is 16.1. The van der Waals surface area contributed by atoms with Crippen molar-refractivity contribution in [1.29, 1.82) is 0 Å². The van der Waals surface area contributed by atoms with Gasteiger partial charge in [-0.05, 0) is 42.3 Å². The molecule has 0 saturated carbocycles. The van der Waals surface area contributed by atoms with Gasteiger partial charge in [0.15, 0.2) is 0 Å². The highest BCUT2D eigenvalue weighted by molar-refractivity contribution is 5.99. The molecule has 3 aliphatic heterocycles. The number of benzene rings is 2. The Hall–Kier alpha value is -3.58. The van der Waals surface area contributed by atoms with Crippen LogP contribution in [0.1, 0.15) is 5.56 Å². The lowest BCUT2D eigenvalue weighted by atomic mass is 9.77. The Bertz CT molecular complexity index is 1260. The number of rotatable bonds is 6. The largest absolute Gasteiger partial charge is 0.497 e. The number of anilines is 1. The van der Waals surface area contributed by atoms with Crippen LogP contribution in [0.15, 0.2) is 66.9 Å². The van der Waals surface area contributed by atoms with Crippen LogP contribution in [-0.4, -0.2) is 53.6 Å². The maximum absolute atomic E-state index is 13.5. The predicted octanol–water partition coefficient (Wildman–Crippen LogP) is 3.14. The van der Waals surface area contributed by atoms with Crippen molar-refractivity contribution in [1.82, 2.24) is 9.88 Å². The summed E-state index contributed by atoms with van der Waals surface area (Å²) in [6, 6.07) is 15.3. The van der Waals surface area contributed by atoms with E-state index in [9.17, 15) is 9.59 Å². The van der Waals surface area contributed by atoms with Gasteiger partial charge in [0.25, 0.3) is 0 Å². The number of carbonyl (C=O) groups is 2. The third-order valence-electron chi connectivity index (χ3n) is 7.17. The highest BCUT2D eigenvalue weighted by Crippen LogP contribution is 2.52. The van der Waals surface area contributed by atoms with Crippen LogP contribution in [0.2, 0.25) is 0 Å². The first-order valence-corrected chi connectivity index (χ1v) is 11.2. The summed E-state index contributed by atoms with van der Waals surface area (Å²) >= 11 is 0. The summed E-state index contributed by atoms with van der Waals surface area (Å²) < 4.78 is 11.4. The number of methoxy groups -OCH3 is 1. The lowest BCUT2D eigenvalue weighted by molar-refractivity contribution is -0.135. The number of likely N-dealkylation sites (tertiary alicyclic amines) is 1. The standard InChI is InChI=1S/C26H25N3O4/c1-32-18-8-6-17(7-9-18)28-24(30)22-21-10-12-26(33-21)15-29(25(31)23(22)26)13-11-16-14-27-20-5-3-2-4-19(16)20/h2-10,12,14,21-23,27H,11,13,15H2,1H3,(H,28,30)/t21-,22+,23-,26-/m1/s1. The van der Waals surface area contributed by atoms with Crippen molar-refractivity contribution in [2.75, 3.05) is 25.5 Å². The Morgan fingerprint density at radius 1 is 1.24 bits per heavy atom. The summed E-state index contributed by atoms with van der Waals surface area (Å²) in [5.74, 6) is -0.504. The van der Waals surface area contributed by atoms with Crippen molar-refractivity contribution in [3.63, 3.8) is 0 Å². The monoisotopic (exact) mass is 443 g/mol. The van der Waals surface area contributed by atoms with Gasteiger partial charge in [-0.3, -0.25) is 9.59 Å². The molecule has 7 nitrogen and oxygen atoms in total. The fourth-order valence-electron chi connectivity index (χ4n) is 5.56. The van der Waals surface area contributed by atoms with E-state index in [0.29, 0.717) is 18.8 Å². The summed E-state index contributed by atoms with van der Waals surface area (Å²) in [6.45, 7) is 1.08. The SMILES string of the molecule is COc1ccc(NC(=O)[C@H]2[C@H]3C=C[C@]4(CN(CCc5c[nH]c6ccccc56)C(=O)[C@@H]24)O3)cc1. The molecule has 2 saturated heterocycles. The third kappa shape index (κ3) is 3.15. The Kier molecular flexibility index (Phi) is 4.55. The summed E-state index contributed by atoms with van der Waals surface area (Å²) in [7, 11) is 1.60. The molecule has 1 spiro atoms. The molecule has 33 heavy (non-hydrogen) atoms. The Balaban J connectivity index is 1.18. The van der Waals surface area contributed by atoms with Crippen LogP contribution in [0.3, 0.4) is 0 Å². The number of para-hydroxylation sites is 1.